The van der Waals surface area contributed by atoms with E-state index in [0.29, 0.717) is 0 Å². The summed E-state index contributed by atoms with van der Waals surface area (Å²) in [5, 5.41) is 3.40. The molecule has 0 bridgehead atoms. The quantitative estimate of drug-likeness (QED) is 0.766. The van der Waals surface area contributed by atoms with Gasteiger partial charge in [0.2, 0.25) is 0 Å². The van der Waals surface area contributed by atoms with Gasteiger partial charge < -0.3 is 5.32 Å². The van der Waals surface area contributed by atoms with Crippen molar-refractivity contribution in [3.8, 4) is 0 Å². The third-order valence-electron chi connectivity index (χ3n) is 4.82. The standard InChI is InChI=1S/C18H28BrN/c1-3-4-14-5-8-16(13-20-2)17(11-14)12-15-6-9-18(19)10-7-15/h6-7,9-10,14,16-17,20H,3-5,8,11-13H2,1-2H3. The predicted molar refractivity (Wildman–Crippen MR) is 91.0 cm³/mol. The van der Waals surface area contributed by atoms with E-state index in [1.165, 1.54) is 55.1 Å². The minimum absolute atomic E-state index is 0.855. The van der Waals surface area contributed by atoms with Gasteiger partial charge in [-0.1, -0.05) is 54.2 Å². The molecule has 20 heavy (non-hydrogen) atoms. The van der Waals surface area contributed by atoms with Crippen LogP contribution in [0.15, 0.2) is 28.7 Å². The highest BCUT2D eigenvalue weighted by Crippen LogP contribution is 2.37. The molecule has 2 rings (SSSR count). The first-order chi connectivity index (χ1) is 9.72. The molecule has 1 nitrogen and oxygen atoms in total. The lowest BCUT2D eigenvalue weighted by atomic mass is 9.70. The van der Waals surface area contributed by atoms with Gasteiger partial charge in [0.25, 0.3) is 0 Å². The van der Waals surface area contributed by atoms with Crippen LogP contribution in [0.2, 0.25) is 0 Å². The first-order valence-electron chi connectivity index (χ1n) is 8.12. The molecule has 3 atom stereocenters. The van der Waals surface area contributed by atoms with Crippen LogP contribution in [0.5, 0.6) is 0 Å². The zero-order chi connectivity index (χ0) is 14.4. The van der Waals surface area contributed by atoms with E-state index < -0.39 is 0 Å². The zero-order valence-electron chi connectivity index (χ0n) is 12.9. The summed E-state index contributed by atoms with van der Waals surface area (Å²) in [6.45, 7) is 3.50. The lowest BCUT2D eigenvalue weighted by molar-refractivity contribution is 0.169. The average Bonchev–Trinajstić information content (AvgIpc) is 2.45. The highest BCUT2D eigenvalue weighted by Gasteiger charge is 2.29. The Hall–Kier alpha value is -0.340. The summed E-state index contributed by atoms with van der Waals surface area (Å²) < 4.78 is 1.18. The summed E-state index contributed by atoms with van der Waals surface area (Å²) in [6.07, 6.45) is 8.29. The first-order valence-corrected chi connectivity index (χ1v) is 8.91. The van der Waals surface area contributed by atoms with Crippen molar-refractivity contribution >= 4 is 15.9 Å². The second-order valence-electron chi connectivity index (χ2n) is 6.38. The normalized spacial score (nSPS) is 26.6. The van der Waals surface area contributed by atoms with Crippen molar-refractivity contribution in [2.24, 2.45) is 17.8 Å². The molecule has 0 aliphatic heterocycles. The van der Waals surface area contributed by atoms with Crippen LogP contribution in [0.4, 0.5) is 0 Å². The van der Waals surface area contributed by atoms with Gasteiger partial charge in [-0.3, -0.25) is 0 Å². The number of hydrogen-bond donors (Lipinski definition) is 1. The van der Waals surface area contributed by atoms with Crippen LogP contribution in [0, 0.1) is 17.8 Å². The Morgan fingerprint density at radius 2 is 1.90 bits per heavy atom. The minimum Gasteiger partial charge on any atom is -0.319 e. The van der Waals surface area contributed by atoms with E-state index in [2.05, 4.69) is 59.5 Å². The Bertz CT molecular complexity index is 387. The number of halogens is 1. The highest BCUT2D eigenvalue weighted by atomic mass is 79.9. The summed E-state index contributed by atoms with van der Waals surface area (Å²) in [6, 6.07) is 8.91. The van der Waals surface area contributed by atoms with Crippen LogP contribution in [0.1, 0.15) is 44.6 Å². The van der Waals surface area contributed by atoms with Crippen LogP contribution in [0.25, 0.3) is 0 Å². The van der Waals surface area contributed by atoms with E-state index >= 15 is 0 Å². The van der Waals surface area contributed by atoms with Gasteiger partial charge in [0.05, 0.1) is 0 Å². The van der Waals surface area contributed by atoms with Gasteiger partial charge in [-0.05, 0) is 68.3 Å². The van der Waals surface area contributed by atoms with Gasteiger partial charge in [0, 0.05) is 4.47 Å². The van der Waals surface area contributed by atoms with E-state index in [1.54, 1.807) is 0 Å². The molecule has 1 fully saturated rings. The molecule has 1 aliphatic carbocycles. The maximum Gasteiger partial charge on any atom is 0.0175 e. The molecular formula is C18H28BrN. The van der Waals surface area contributed by atoms with Crippen LogP contribution in [0.3, 0.4) is 0 Å². The summed E-state index contributed by atoms with van der Waals surface area (Å²) in [5.74, 6) is 2.68. The van der Waals surface area contributed by atoms with Crippen molar-refractivity contribution in [2.45, 2.75) is 45.4 Å². The molecule has 3 unspecified atom stereocenters. The lowest BCUT2D eigenvalue weighted by Crippen LogP contribution is -2.33. The Labute approximate surface area is 132 Å². The van der Waals surface area contributed by atoms with Crippen molar-refractivity contribution in [2.75, 3.05) is 13.6 Å². The molecular weight excluding hydrogens is 310 g/mol. The summed E-state index contributed by atoms with van der Waals surface area (Å²) >= 11 is 3.53. The monoisotopic (exact) mass is 337 g/mol. The molecule has 1 aliphatic rings. The third kappa shape index (κ3) is 4.60. The Kier molecular flexibility index (Phi) is 6.57. The van der Waals surface area contributed by atoms with Crippen LogP contribution >= 0.6 is 15.9 Å². The molecule has 0 heterocycles. The third-order valence-corrected chi connectivity index (χ3v) is 5.35. The number of benzene rings is 1. The maximum atomic E-state index is 3.53. The molecule has 1 aromatic rings. The Morgan fingerprint density at radius 1 is 1.15 bits per heavy atom. The molecule has 0 spiro atoms. The fraction of sp³-hybridized carbons (Fsp3) is 0.667. The molecule has 1 saturated carbocycles. The Morgan fingerprint density at radius 3 is 2.55 bits per heavy atom. The largest absolute Gasteiger partial charge is 0.319 e. The number of rotatable bonds is 6. The molecule has 1 aromatic carbocycles. The van der Waals surface area contributed by atoms with Crippen molar-refractivity contribution in [3.05, 3.63) is 34.3 Å². The highest BCUT2D eigenvalue weighted by molar-refractivity contribution is 9.10. The summed E-state index contributed by atoms with van der Waals surface area (Å²) in [4.78, 5) is 0. The van der Waals surface area contributed by atoms with E-state index in [0.717, 1.165) is 17.8 Å². The lowest BCUT2D eigenvalue weighted by Gasteiger charge is -2.36. The predicted octanol–water partition coefficient (Wildman–Crippen LogP) is 5.04. The SMILES string of the molecule is CCCC1CCC(CNC)C(Cc2ccc(Br)cc2)C1. The van der Waals surface area contributed by atoms with Crippen molar-refractivity contribution in [3.63, 3.8) is 0 Å². The van der Waals surface area contributed by atoms with Crippen LogP contribution in [-0.2, 0) is 6.42 Å². The molecule has 2 heteroatoms. The van der Waals surface area contributed by atoms with Gasteiger partial charge >= 0.3 is 0 Å². The first kappa shape index (κ1) is 16.0. The maximum absolute atomic E-state index is 3.53. The molecule has 0 amide bonds. The fourth-order valence-electron chi connectivity index (χ4n) is 3.80. The fourth-order valence-corrected chi connectivity index (χ4v) is 4.06. The topological polar surface area (TPSA) is 12.0 Å². The number of nitrogens with one attached hydrogen (secondary N) is 1. The molecule has 1 N–H and O–H groups in total. The van der Waals surface area contributed by atoms with Crippen molar-refractivity contribution in [1.29, 1.82) is 0 Å². The van der Waals surface area contributed by atoms with Crippen LogP contribution < -0.4 is 5.32 Å². The second kappa shape index (κ2) is 8.19. The van der Waals surface area contributed by atoms with E-state index in [9.17, 15) is 0 Å². The second-order valence-corrected chi connectivity index (χ2v) is 7.29. The van der Waals surface area contributed by atoms with Gasteiger partial charge in [-0.25, -0.2) is 0 Å². The van der Waals surface area contributed by atoms with E-state index in [-0.39, 0.29) is 0 Å². The molecule has 0 saturated heterocycles. The van der Waals surface area contributed by atoms with Crippen molar-refractivity contribution in [1.82, 2.24) is 5.32 Å². The zero-order valence-corrected chi connectivity index (χ0v) is 14.5. The van der Waals surface area contributed by atoms with Crippen molar-refractivity contribution < 1.29 is 0 Å². The molecule has 0 radical (unpaired) electrons. The molecule has 0 aromatic heterocycles. The van der Waals surface area contributed by atoms with Crippen LogP contribution in [-0.4, -0.2) is 13.6 Å². The van der Waals surface area contributed by atoms with Gasteiger partial charge in [-0.2, -0.15) is 0 Å². The number of hydrogen-bond acceptors (Lipinski definition) is 1. The van der Waals surface area contributed by atoms with Gasteiger partial charge in [0.15, 0.2) is 0 Å². The average molecular weight is 338 g/mol. The summed E-state index contributed by atoms with van der Waals surface area (Å²) in [5.41, 5.74) is 1.50. The van der Waals surface area contributed by atoms with E-state index in [4.69, 9.17) is 0 Å². The minimum atomic E-state index is 0.855. The van der Waals surface area contributed by atoms with Gasteiger partial charge in [0.1, 0.15) is 0 Å². The summed E-state index contributed by atoms with van der Waals surface area (Å²) in [7, 11) is 2.09. The van der Waals surface area contributed by atoms with Gasteiger partial charge in [-0.15, -0.1) is 0 Å². The smallest absolute Gasteiger partial charge is 0.0175 e. The Balaban J connectivity index is 2.00. The van der Waals surface area contributed by atoms with E-state index in [1.807, 2.05) is 0 Å². The molecule has 112 valence electrons.